The Morgan fingerprint density at radius 1 is 0.909 bits per heavy atom. The van der Waals surface area contributed by atoms with Crippen molar-refractivity contribution in [2.45, 2.75) is 0 Å². The summed E-state index contributed by atoms with van der Waals surface area (Å²) in [6, 6.07) is 7.44. The van der Waals surface area contributed by atoms with Crippen molar-refractivity contribution in [3.8, 4) is 11.5 Å². The number of hydrogen-bond acceptors (Lipinski definition) is 2. The SMILES string of the molecule is COc1ccc(OC)cc1.[H-].[H-].[Mg+2]. The molecular formula is C8H12MgO2. The van der Waals surface area contributed by atoms with Crippen LogP contribution in [0, 0.1) is 0 Å². The van der Waals surface area contributed by atoms with E-state index in [-0.39, 0.29) is 25.9 Å². The van der Waals surface area contributed by atoms with Gasteiger partial charge in [-0.2, -0.15) is 0 Å². The average molecular weight is 164 g/mol. The quantitative estimate of drug-likeness (QED) is 0.618. The summed E-state index contributed by atoms with van der Waals surface area (Å²) in [5, 5.41) is 0. The molecule has 0 saturated carbocycles. The number of ether oxygens (including phenoxy) is 2. The zero-order chi connectivity index (χ0) is 7.40. The Hall–Kier alpha value is -0.414. The molecule has 2 nitrogen and oxygen atoms in total. The molecule has 1 aromatic rings. The molecule has 0 N–H and O–H groups in total. The van der Waals surface area contributed by atoms with Crippen LogP contribution in [0.5, 0.6) is 11.5 Å². The molecule has 0 bridgehead atoms. The van der Waals surface area contributed by atoms with Gasteiger partial charge in [0.2, 0.25) is 0 Å². The van der Waals surface area contributed by atoms with Crippen molar-refractivity contribution in [3.05, 3.63) is 24.3 Å². The molecule has 0 atom stereocenters. The zero-order valence-electron chi connectivity index (χ0n) is 8.83. The molecule has 1 aromatic carbocycles. The van der Waals surface area contributed by atoms with E-state index in [0.29, 0.717) is 0 Å². The number of rotatable bonds is 2. The minimum absolute atomic E-state index is 0. The Morgan fingerprint density at radius 2 is 1.18 bits per heavy atom. The van der Waals surface area contributed by atoms with Crippen molar-refractivity contribution in [1.82, 2.24) is 0 Å². The molecule has 1 rings (SSSR count). The third kappa shape index (κ3) is 2.99. The Labute approximate surface area is 85.6 Å². The predicted octanol–water partition coefficient (Wildman–Crippen LogP) is 1.55. The first-order chi connectivity index (χ1) is 4.86. The van der Waals surface area contributed by atoms with E-state index >= 15 is 0 Å². The number of hydrogen-bond donors (Lipinski definition) is 0. The summed E-state index contributed by atoms with van der Waals surface area (Å²) in [5.74, 6) is 1.70. The summed E-state index contributed by atoms with van der Waals surface area (Å²) in [6.45, 7) is 0. The second-order valence-corrected chi connectivity index (χ2v) is 1.88. The average Bonchev–Trinajstić information content (AvgIpc) is 2.05. The largest absolute Gasteiger partial charge is 2.00 e. The minimum atomic E-state index is 0. The molecule has 0 unspecified atom stereocenters. The molecule has 0 fully saturated rings. The van der Waals surface area contributed by atoms with Gasteiger partial charge in [0.05, 0.1) is 14.2 Å². The third-order valence-electron chi connectivity index (χ3n) is 1.30. The third-order valence-corrected chi connectivity index (χ3v) is 1.30. The van der Waals surface area contributed by atoms with Gasteiger partial charge < -0.3 is 12.3 Å². The van der Waals surface area contributed by atoms with Crippen LogP contribution in [0.1, 0.15) is 2.85 Å². The molecule has 0 aromatic heterocycles. The van der Waals surface area contributed by atoms with Gasteiger partial charge in [-0.25, -0.2) is 0 Å². The Morgan fingerprint density at radius 3 is 1.36 bits per heavy atom. The maximum absolute atomic E-state index is 4.96. The van der Waals surface area contributed by atoms with E-state index < -0.39 is 0 Å². The van der Waals surface area contributed by atoms with Gasteiger partial charge in [-0.3, -0.25) is 0 Å². The molecular weight excluding hydrogens is 152 g/mol. The van der Waals surface area contributed by atoms with Crippen LogP contribution in [-0.2, 0) is 0 Å². The molecule has 0 spiro atoms. The van der Waals surface area contributed by atoms with E-state index in [0.717, 1.165) is 11.5 Å². The molecule has 58 valence electrons. The Kier molecular flexibility index (Phi) is 5.07. The molecule has 0 heterocycles. The van der Waals surface area contributed by atoms with Crippen LogP contribution in [0.15, 0.2) is 24.3 Å². The second kappa shape index (κ2) is 5.26. The molecule has 11 heavy (non-hydrogen) atoms. The molecule has 0 radical (unpaired) electrons. The minimum Gasteiger partial charge on any atom is -1.00 e. The molecule has 3 heteroatoms. The number of benzene rings is 1. The molecule has 0 aliphatic rings. The van der Waals surface area contributed by atoms with E-state index in [4.69, 9.17) is 9.47 Å². The van der Waals surface area contributed by atoms with Gasteiger partial charge in [0.25, 0.3) is 0 Å². The predicted molar refractivity (Wildman–Crippen MR) is 47.5 cm³/mol. The van der Waals surface area contributed by atoms with Crippen molar-refractivity contribution < 1.29 is 12.3 Å². The summed E-state index contributed by atoms with van der Waals surface area (Å²) in [4.78, 5) is 0. The monoisotopic (exact) mass is 164 g/mol. The molecule has 0 aliphatic heterocycles. The summed E-state index contributed by atoms with van der Waals surface area (Å²) in [7, 11) is 3.28. The topological polar surface area (TPSA) is 18.5 Å². The fourth-order valence-electron chi connectivity index (χ4n) is 0.712. The smallest absolute Gasteiger partial charge is 1.00 e. The van der Waals surface area contributed by atoms with Crippen LogP contribution < -0.4 is 9.47 Å². The Balaban J connectivity index is -0.000000333. The summed E-state index contributed by atoms with van der Waals surface area (Å²) < 4.78 is 9.92. The second-order valence-electron chi connectivity index (χ2n) is 1.88. The Bertz CT molecular complexity index is 181. The maximum atomic E-state index is 4.96. The van der Waals surface area contributed by atoms with E-state index in [1.165, 1.54) is 0 Å². The molecule has 0 aliphatic carbocycles. The standard InChI is InChI=1S/C8H10O2.Mg.2H/c1-9-7-3-5-8(10-2)6-4-7;;;/h3-6H,1-2H3;;;/q;+2;2*-1. The fourth-order valence-corrected chi connectivity index (χ4v) is 0.712. The van der Waals surface area contributed by atoms with Gasteiger partial charge in [0.1, 0.15) is 11.5 Å². The van der Waals surface area contributed by atoms with Gasteiger partial charge in [-0.05, 0) is 24.3 Å². The van der Waals surface area contributed by atoms with Gasteiger partial charge >= 0.3 is 23.1 Å². The van der Waals surface area contributed by atoms with Crippen molar-refractivity contribution >= 4 is 23.1 Å². The summed E-state index contributed by atoms with van der Waals surface area (Å²) in [6.07, 6.45) is 0. The van der Waals surface area contributed by atoms with Crippen LogP contribution >= 0.6 is 0 Å². The van der Waals surface area contributed by atoms with Crippen LogP contribution in [-0.4, -0.2) is 37.3 Å². The van der Waals surface area contributed by atoms with E-state index in [9.17, 15) is 0 Å². The first-order valence-corrected chi connectivity index (χ1v) is 3.05. The van der Waals surface area contributed by atoms with E-state index in [1.54, 1.807) is 14.2 Å². The van der Waals surface area contributed by atoms with Gasteiger partial charge in [-0.1, -0.05) is 0 Å². The van der Waals surface area contributed by atoms with Gasteiger partial charge in [-0.15, -0.1) is 0 Å². The first-order valence-electron chi connectivity index (χ1n) is 3.05. The van der Waals surface area contributed by atoms with Crippen LogP contribution in [0.3, 0.4) is 0 Å². The molecule has 0 amide bonds. The van der Waals surface area contributed by atoms with Crippen LogP contribution in [0.25, 0.3) is 0 Å². The molecule has 0 saturated heterocycles. The van der Waals surface area contributed by atoms with Crippen molar-refractivity contribution in [2.75, 3.05) is 14.2 Å². The number of methoxy groups -OCH3 is 2. The van der Waals surface area contributed by atoms with E-state index in [2.05, 4.69) is 0 Å². The summed E-state index contributed by atoms with van der Waals surface area (Å²) >= 11 is 0. The zero-order valence-corrected chi connectivity index (χ0v) is 8.25. The van der Waals surface area contributed by atoms with Gasteiger partial charge in [0, 0.05) is 0 Å². The van der Waals surface area contributed by atoms with Gasteiger partial charge in [0.15, 0.2) is 0 Å². The van der Waals surface area contributed by atoms with Crippen LogP contribution in [0.4, 0.5) is 0 Å². The van der Waals surface area contributed by atoms with Crippen molar-refractivity contribution in [2.24, 2.45) is 0 Å². The summed E-state index contributed by atoms with van der Waals surface area (Å²) in [5.41, 5.74) is 0. The first kappa shape index (κ1) is 10.6. The normalized spacial score (nSPS) is 8.18. The van der Waals surface area contributed by atoms with Crippen molar-refractivity contribution in [1.29, 1.82) is 0 Å². The fraction of sp³-hybridized carbons (Fsp3) is 0.250. The maximum Gasteiger partial charge on any atom is 2.00 e. The van der Waals surface area contributed by atoms with E-state index in [1.807, 2.05) is 24.3 Å². The van der Waals surface area contributed by atoms with Crippen molar-refractivity contribution in [3.63, 3.8) is 0 Å². The van der Waals surface area contributed by atoms with Crippen LogP contribution in [0.2, 0.25) is 0 Å².